The van der Waals surface area contributed by atoms with Crippen LogP contribution in [0.4, 0.5) is 0 Å². The predicted molar refractivity (Wildman–Crippen MR) is 88.5 cm³/mol. The van der Waals surface area contributed by atoms with Gasteiger partial charge in [-0.15, -0.1) is 0 Å². The van der Waals surface area contributed by atoms with Crippen molar-refractivity contribution >= 4 is 32.6 Å². The average Bonchev–Trinajstić information content (AvgIpc) is 2.50. The first-order chi connectivity index (χ1) is 9.70. The predicted octanol–water partition coefficient (Wildman–Crippen LogP) is 4.38. The third-order valence-corrected chi connectivity index (χ3v) is 4.54. The summed E-state index contributed by atoms with van der Waals surface area (Å²) in [6.45, 7) is 2.95. The van der Waals surface area contributed by atoms with Gasteiger partial charge in [0.1, 0.15) is 0 Å². The third kappa shape index (κ3) is 4.07. The fourth-order valence-corrected chi connectivity index (χ4v) is 2.49. The van der Waals surface area contributed by atoms with Crippen molar-refractivity contribution in [2.45, 2.75) is 19.8 Å². The van der Waals surface area contributed by atoms with E-state index in [4.69, 9.17) is 0 Å². The number of rotatable bonds is 6. The van der Waals surface area contributed by atoms with Gasteiger partial charge in [0.25, 0.3) is 5.91 Å². The first-order valence-corrected chi connectivity index (χ1v) is 8.16. The van der Waals surface area contributed by atoms with E-state index in [1.165, 1.54) is 0 Å². The molecule has 1 atom stereocenters. The highest BCUT2D eigenvalue weighted by atomic mass is 79.9. The first-order valence-electron chi connectivity index (χ1n) is 7.03. The Hall–Kier alpha value is -1.35. The average molecular weight is 334 g/mol. The monoisotopic (exact) mass is 333 g/mol. The second kappa shape index (κ2) is 7.44. The SMILES string of the molecule is CC(CBr)CCCNC(=O)c1ccc2ccccc2c1. The van der Waals surface area contributed by atoms with Gasteiger partial charge in [-0.05, 0) is 41.7 Å². The molecule has 2 aromatic carbocycles. The second-order valence-electron chi connectivity index (χ2n) is 5.22. The molecule has 2 rings (SSSR count). The van der Waals surface area contributed by atoms with Gasteiger partial charge in [-0.3, -0.25) is 4.79 Å². The van der Waals surface area contributed by atoms with E-state index in [-0.39, 0.29) is 5.91 Å². The summed E-state index contributed by atoms with van der Waals surface area (Å²) in [5.41, 5.74) is 0.734. The van der Waals surface area contributed by atoms with Crippen LogP contribution in [0, 0.1) is 5.92 Å². The highest BCUT2D eigenvalue weighted by Crippen LogP contribution is 2.15. The largest absolute Gasteiger partial charge is 0.352 e. The van der Waals surface area contributed by atoms with Gasteiger partial charge in [0, 0.05) is 17.4 Å². The van der Waals surface area contributed by atoms with E-state index >= 15 is 0 Å². The van der Waals surface area contributed by atoms with Gasteiger partial charge in [0.05, 0.1) is 0 Å². The maximum absolute atomic E-state index is 12.1. The zero-order valence-electron chi connectivity index (χ0n) is 11.7. The van der Waals surface area contributed by atoms with Crippen molar-refractivity contribution in [2.75, 3.05) is 11.9 Å². The van der Waals surface area contributed by atoms with Crippen LogP contribution in [0.2, 0.25) is 0 Å². The van der Waals surface area contributed by atoms with Crippen LogP contribution in [-0.4, -0.2) is 17.8 Å². The van der Waals surface area contributed by atoms with Gasteiger partial charge >= 0.3 is 0 Å². The summed E-state index contributed by atoms with van der Waals surface area (Å²) in [6, 6.07) is 13.9. The molecular weight excluding hydrogens is 314 g/mol. The summed E-state index contributed by atoms with van der Waals surface area (Å²) in [5, 5.41) is 6.28. The lowest BCUT2D eigenvalue weighted by Gasteiger charge is -2.09. The number of fused-ring (bicyclic) bond motifs is 1. The van der Waals surface area contributed by atoms with Gasteiger partial charge in [-0.2, -0.15) is 0 Å². The normalized spacial score (nSPS) is 12.3. The summed E-state index contributed by atoms with van der Waals surface area (Å²) < 4.78 is 0. The minimum Gasteiger partial charge on any atom is -0.352 e. The second-order valence-corrected chi connectivity index (χ2v) is 5.87. The van der Waals surface area contributed by atoms with Crippen LogP contribution >= 0.6 is 15.9 Å². The zero-order valence-corrected chi connectivity index (χ0v) is 13.3. The van der Waals surface area contributed by atoms with Crippen LogP contribution < -0.4 is 5.32 Å². The number of carbonyl (C=O) groups is 1. The highest BCUT2D eigenvalue weighted by molar-refractivity contribution is 9.09. The molecule has 0 heterocycles. The molecule has 0 aliphatic heterocycles. The molecule has 20 heavy (non-hydrogen) atoms. The molecule has 0 radical (unpaired) electrons. The number of alkyl halides is 1. The number of hydrogen-bond acceptors (Lipinski definition) is 1. The molecule has 0 aliphatic rings. The van der Waals surface area contributed by atoms with Crippen LogP contribution in [-0.2, 0) is 0 Å². The van der Waals surface area contributed by atoms with E-state index in [0.29, 0.717) is 5.92 Å². The van der Waals surface area contributed by atoms with Crippen molar-refractivity contribution in [1.82, 2.24) is 5.32 Å². The molecule has 106 valence electrons. The van der Waals surface area contributed by atoms with E-state index in [1.807, 2.05) is 36.4 Å². The van der Waals surface area contributed by atoms with Gasteiger partial charge in [0.2, 0.25) is 0 Å². The summed E-state index contributed by atoms with van der Waals surface area (Å²) in [5.74, 6) is 0.676. The Kier molecular flexibility index (Phi) is 5.60. The molecule has 1 unspecified atom stereocenters. The molecule has 2 aromatic rings. The molecule has 1 amide bonds. The number of halogens is 1. The van der Waals surface area contributed by atoms with Crippen molar-refractivity contribution in [2.24, 2.45) is 5.92 Å². The van der Waals surface area contributed by atoms with Crippen molar-refractivity contribution in [3.8, 4) is 0 Å². The molecule has 0 saturated carbocycles. The summed E-state index contributed by atoms with van der Waals surface area (Å²) in [4.78, 5) is 12.1. The molecule has 0 spiro atoms. The molecule has 0 aromatic heterocycles. The number of carbonyl (C=O) groups excluding carboxylic acids is 1. The van der Waals surface area contributed by atoms with E-state index in [1.54, 1.807) is 0 Å². The van der Waals surface area contributed by atoms with E-state index in [2.05, 4.69) is 34.2 Å². The highest BCUT2D eigenvalue weighted by Gasteiger charge is 2.06. The molecule has 0 fully saturated rings. The van der Waals surface area contributed by atoms with Crippen molar-refractivity contribution < 1.29 is 4.79 Å². The van der Waals surface area contributed by atoms with Crippen LogP contribution in [0.3, 0.4) is 0 Å². The summed E-state index contributed by atoms with van der Waals surface area (Å²) in [6.07, 6.45) is 2.15. The van der Waals surface area contributed by atoms with Crippen molar-refractivity contribution in [1.29, 1.82) is 0 Å². The number of benzene rings is 2. The summed E-state index contributed by atoms with van der Waals surface area (Å²) >= 11 is 3.47. The van der Waals surface area contributed by atoms with Gasteiger partial charge in [0.15, 0.2) is 0 Å². The Bertz CT molecular complexity index is 582. The molecule has 3 heteroatoms. The van der Waals surface area contributed by atoms with Crippen LogP contribution in [0.25, 0.3) is 10.8 Å². The van der Waals surface area contributed by atoms with E-state index in [9.17, 15) is 4.79 Å². The lowest BCUT2D eigenvalue weighted by Crippen LogP contribution is -2.24. The smallest absolute Gasteiger partial charge is 0.251 e. The van der Waals surface area contributed by atoms with Crippen molar-refractivity contribution in [3.63, 3.8) is 0 Å². The Balaban J connectivity index is 1.91. The lowest BCUT2D eigenvalue weighted by molar-refractivity contribution is 0.0952. The Morgan fingerprint density at radius 2 is 1.95 bits per heavy atom. The molecule has 0 saturated heterocycles. The zero-order chi connectivity index (χ0) is 14.4. The molecule has 0 aliphatic carbocycles. The fraction of sp³-hybridized carbons (Fsp3) is 0.353. The molecular formula is C17H20BrNO. The van der Waals surface area contributed by atoms with Crippen LogP contribution in [0.15, 0.2) is 42.5 Å². The maximum atomic E-state index is 12.1. The minimum absolute atomic E-state index is 0.0160. The van der Waals surface area contributed by atoms with E-state index < -0.39 is 0 Å². The number of hydrogen-bond donors (Lipinski definition) is 1. The standard InChI is InChI=1S/C17H20BrNO/c1-13(12-18)5-4-10-19-17(20)16-9-8-14-6-2-3-7-15(14)11-16/h2-3,6-9,11,13H,4-5,10,12H2,1H3,(H,19,20). The van der Waals surface area contributed by atoms with E-state index in [0.717, 1.165) is 41.1 Å². The van der Waals surface area contributed by atoms with Crippen molar-refractivity contribution in [3.05, 3.63) is 48.0 Å². The maximum Gasteiger partial charge on any atom is 0.251 e. The third-order valence-electron chi connectivity index (χ3n) is 3.43. The van der Waals surface area contributed by atoms with Crippen LogP contribution in [0.5, 0.6) is 0 Å². The molecule has 2 nitrogen and oxygen atoms in total. The van der Waals surface area contributed by atoms with Gasteiger partial charge in [-0.1, -0.05) is 53.2 Å². The Labute approximate surface area is 128 Å². The Morgan fingerprint density at radius 3 is 2.70 bits per heavy atom. The lowest BCUT2D eigenvalue weighted by atomic mass is 10.1. The van der Waals surface area contributed by atoms with Gasteiger partial charge < -0.3 is 5.32 Å². The topological polar surface area (TPSA) is 29.1 Å². The molecule has 1 N–H and O–H groups in total. The Morgan fingerprint density at radius 1 is 1.20 bits per heavy atom. The number of nitrogens with one attached hydrogen (secondary N) is 1. The minimum atomic E-state index is 0.0160. The number of amides is 1. The first kappa shape index (κ1) is 15.0. The quantitative estimate of drug-likeness (QED) is 0.616. The van der Waals surface area contributed by atoms with Crippen LogP contribution in [0.1, 0.15) is 30.1 Å². The molecule has 0 bridgehead atoms. The summed E-state index contributed by atoms with van der Waals surface area (Å²) in [7, 11) is 0. The van der Waals surface area contributed by atoms with Gasteiger partial charge in [-0.25, -0.2) is 0 Å². The fourth-order valence-electron chi connectivity index (χ4n) is 2.16.